The summed E-state index contributed by atoms with van der Waals surface area (Å²) in [5.74, 6) is -0.178. The molecule has 0 unspecified atom stereocenters. The van der Waals surface area contributed by atoms with E-state index in [1.165, 1.54) is 16.8 Å². The van der Waals surface area contributed by atoms with Gasteiger partial charge in [-0.1, -0.05) is 23.7 Å². The summed E-state index contributed by atoms with van der Waals surface area (Å²) in [5.41, 5.74) is 1.25. The molecule has 0 saturated carbocycles. The number of nitrogens with one attached hydrogen (secondary N) is 3. The maximum absolute atomic E-state index is 12.7. The molecule has 160 valence electrons. The Morgan fingerprint density at radius 2 is 2.00 bits per heavy atom. The summed E-state index contributed by atoms with van der Waals surface area (Å²) >= 11 is 6.05. The SMILES string of the molecule is CCNC(=O)C(C)(C)Nc1cc(=O)n(C)c2c(Nc3ccnc(Cl)c3C#N)cccc12. The number of halogens is 1. The standard InChI is InChI=1S/C22H23ClN6O2/c1-5-25-21(31)22(2,3)28-17-11-18(30)29(4)19-13(17)7-6-8-16(19)27-15-9-10-26-20(23)14(15)12-24/h6-11,28H,5H2,1-4H3,(H,25,31)(H,26,27). The van der Waals surface area contributed by atoms with Crippen molar-refractivity contribution in [2.75, 3.05) is 17.2 Å². The summed E-state index contributed by atoms with van der Waals surface area (Å²) in [4.78, 5) is 29.1. The predicted molar refractivity (Wildman–Crippen MR) is 123 cm³/mol. The number of carbonyl (C=O) groups excluding carboxylic acids is 1. The molecule has 8 nitrogen and oxygen atoms in total. The number of hydrogen-bond donors (Lipinski definition) is 3. The molecular weight excluding hydrogens is 416 g/mol. The minimum Gasteiger partial charge on any atom is -0.371 e. The van der Waals surface area contributed by atoms with E-state index < -0.39 is 5.54 Å². The Balaban J connectivity index is 2.15. The third-order valence-electron chi connectivity index (χ3n) is 4.90. The molecule has 31 heavy (non-hydrogen) atoms. The van der Waals surface area contributed by atoms with Crippen molar-refractivity contribution >= 4 is 45.5 Å². The largest absolute Gasteiger partial charge is 0.371 e. The second-order valence-electron chi connectivity index (χ2n) is 7.53. The minimum absolute atomic E-state index is 0.0904. The molecule has 0 bridgehead atoms. The fraction of sp³-hybridized carbons (Fsp3) is 0.273. The first-order valence-electron chi connectivity index (χ1n) is 9.70. The van der Waals surface area contributed by atoms with Crippen LogP contribution in [0.1, 0.15) is 26.3 Å². The molecule has 2 aromatic heterocycles. The Kier molecular flexibility index (Phi) is 6.18. The van der Waals surface area contributed by atoms with Gasteiger partial charge in [0.25, 0.3) is 5.56 Å². The van der Waals surface area contributed by atoms with Crippen molar-refractivity contribution in [1.82, 2.24) is 14.9 Å². The second-order valence-corrected chi connectivity index (χ2v) is 7.89. The van der Waals surface area contributed by atoms with E-state index in [2.05, 4.69) is 20.9 Å². The van der Waals surface area contributed by atoms with Gasteiger partial charge in [0.05, 0.1) is 16.9 Å². The van der Waals surface area contributed by atoms with Gasteiger partial charge in [-0.25, -0.2) is 4.98 Å². The summed E-state index contributed by atoms with van der Waals surface area (Å²) in [7, 11) is 1.67. The number of para-hydroxylation sites is 1. The van der Waals surface area contributed by atoms with Crippen LogP contribution in [-0.4, -0.2) is 27.5 Å². The second kappa shape index (κ2) is 8.66. The molecular formula is C22H23ClN6O2. The molecule has 0 atom stereocenters. The molecule has 9 heteroatoms. The van der Waals surface area contributed by atoms with Crippen LogP contribution in [0.4, 0.5) is 17.1 Å². The number of nitrogens with zero attached hydrogens (tertiary/aromatic N) is 3. The molecule has 0 spiro atoms. The Labute approximate surface area is 184 Å². The molecule has 1 aromatic carbocycles. The number of amides is 1. The van der Waals surface area contributed by atoms with Gasteiger partial charge in [0.2, 0.25) is 5.91 Å². The summed E-state index contributed by atoms with van der Waals surface area (Å²) in [6, 6.07) is 10.6. The van der Waals surface area contributed by atoms with Crippen LogP contribution in [0.5, 0.6) is 0 Å². The third kappa shape index (κ3) is 4.32. The molecule has 0 radical (unpaired) electrons. The van der Waals surface area contributed by atoms with E-state index in [0.717, 1.165) is 5.39 Å². The topological polar surface area (TPSA) is 112 Å². The van der Waals surface area contributed by atoms with Crippen LogP contribution in [0, 0.1) is 11.3 Å². The monoisotopic (exact) mass is 438 g/mol. The zero-order valence-electron chi connectivity index (χ0n) is 17.7. The number of nitriles is 1. The van der Waals surface area contributed by atoms with Gasteiger partial charge < -0.3 is 20.5 Å². The molecule has 1 amide bonds. The summed E-state index contributed by atoms with van der Waals surface area (Å²) in [6.45, 7) is 5.86. The number of aryl methyl sites for hydroxylation is 1. The maximum Gasteiger partial charge on any atom is 0.252 e. The van der Waals surface area contributed by atoms with E-state index in [0.29, 0.717) is 29.1 Å². The van der Waals surface area contributed by atoms with Gasteiger partial charge in [-0.2, -0.15) is 5.26 Å². The average molecular weight is 439 g/mol. The number of pyridine rings is 2. The van der Waals surface area contributed by atoms with Crippen molar-refractivity contribution in [3.05, 3.63) is 57.6 Å². The van der Waals surface area contributed by atoms with Crippen LogP contribution in [0.2, 0.25) is 5.15 Å². The van der Waals surface area contributed by atoms with Gasteiger partial charge >= 0.3 is 0 Å². The molecule has 0 fully saturated rings. The Morgan fingerprint density at radius 1 is 1.26 bits per heavy atom. The number of hydrogen-bond acceptors (Lipinski definition) is 6. The highest BCUT2D eigenvalue weighted by Crippen LogP contribution is 2.32. The molecule has 3 N–H and O–H groups in total. The lowest BCUT2D eigenvalue weighted by Crippen LogP contribution is -2.48. The van der Waals surface area contributed by atoms with Crippen LogP contribution in [0.25, 0.3) is 10.9 Å². The lowest BCUT2D eigenvalue weighted by atomic mass is 10.0. The molecule has 3 rings (SSSR count). The first-order chi connectivity index (χ1) is 14.7. The summed E-state index contributed by atoms with van der Waals surface area (Å²) in [6.07, 6.45) is 1.50. The van der Waals surface area contributed by atoms with E-state index in [4.69, 9.17) is 11.6 Å². The van der Waals surface area contributed by atoms with Gasteiger partial charge in [-0.15, -0.1) is 0 Å². The number of carbonyl (C=O) groups is 1. The molecule has 0 saturated heterocycles. The molecule has 0 aliphatic rings. The number of likely N-dealkylation sites (N-methyl/N-ethyl adjacent to an activating group) is 1. The van der Waals surface area contributed by atoms with Crippen LogP contribution in [0.3, 0.4) is 0 Å². The highest BCUT2D eigenvalue weighted by atomic mass is 35.5. The zero-order chi connectivity index (χ0) is 22.8. The van der Waals surface area contributed by atoms with Gasteiger partial charge in [0.1, 0.15) is 22.3 Å². The van der Waals surface area contributed by atoms with Crippen LogP contribution >= 0.6 is 11.6 Å². The van der Waals surface area contributed by atoms with Crippen molar-refractivity contribution in [3.63, 3.8) is 0 Å². The lowest BCUT2D eigenvalue weighted by molar-refractivity contribution is -0.124. The normalized spacial score (nSPS) is 11.1. The van der Waals surface area contributed by atoms with Gasteiger partial charge in [0.15, 0.2) is 0 Å². The Morgan fingerprint density at radius 3 is 2.68 bits per heavy atom. The summed E-state index contributed by atoms with van der Waals surface area (Å²) < 4.78 is 1.51. The number of rotatable bonds is 6. The highest BCUT2D eigenvalue weighted by Gasteiger charge is 2.28. The highest BCUT2D eigenvalue weighted by molar-refractivity contribution is 6.31. The number of benzene rings is 1. The fourth-order valence-electron chi connectivity index (χ4n) is 3.30. The third-order valence-corrected chi connectivity index (χ3v) is 5.18. The molecule has 0 aliphatic carbocycles. The molecule has 3 aromatic rings. The quantitative estimate of drug-likeness (QED) is 0.507. The maximum atomic E-state index is 12.7. The van der Waals surface area contributed by atoms with E-state index in [1.54, 1.807) is 33.0 Å². The zero-order valence-corrected chi connectivity index (χ0v) is 18.5. The Hall–Kier alpha value is -3.57. The molecule has 2 heterocycles. The van der Waals surface area contributed by atoms with Crippen LogP contribution < -0.4 is 21.5 Å². The van der Waals surface area contributed by atoms with Crippen LogP contribution in [0.15, 0.2) is 41.3 Å². The minimum atomic E-state index is -0.939. The van der Waals surface area contributed by atoms with Gasteiger partial charge in [0, 0.05) is 36.9 Å². The fourth-order valence-corrected chi connectivity index (χ4v) is 3.50. The Bertz CT molecular complexity index is 1260. The number of anilines is 3. The predicted octanol–water partition coefficient (Wildman–Crippen LogP) is 3.53. The van der Waals surface area contributed by atoms with Crippen molar-refractivity contribution in [1.29, 1.82) is 5.26 Å². The average Bonchev–Trinajstić information content (AvgIpc) is 2.72. The van der Waals surface area contributed by atoms with Crippen molar-refractivity contribution < 1.29 is 4.79 Å². The first-order valence-corrected chi connectivity index (χ1v) is 10.1. The number of aromatic nitrogens is 2. The van der Waals surface area contributed by atoms with E-state index in [1.807, 2.05) is 25.1 Å². The summed E-state index contributed by atoms with van der Waals surface area (Å²) in [5, 5.41) is 19.5. The van der Waals surface area contributed by atoms with Gasteiger partial charge in [-0.3, -0.25) is 9.59 Å². The lowest BCUT2D eigenvalue weighted by Gasteiger charge is -2.27. The van der Waals surface area contributed by atoms with Crippen molar-refractivity contribution in [2.45, 2.75) is 26.3 Å². The van der Waals surface area contributed by atoms with Crippen LogP contribution in [-0.2, 0) is 11.8 Å². The smallest absolute Gasteiger partial charge is 0.252 e. The number of fused-ring (bicyclic) bond motifs is 1. The van der Waals surface area contributed by atoms with Crippen molar-refractivity contribution in [3.8, 4) is 6.07 Å². The van der Waals surface area contributed by atoms with E-state index >= 15 is 0 Å². The van der Waals surface area contributed by atoms with E-state index in [-0.39, 0.29) is 22.2 Å². The van der Waals surface area contributed by atoms with Gasteiger partial charge in [-0.05, 0) is 32.9 Å². The first kappa shape index (κ1) is 22.1. The van der Waals surface area contributed by atoms with Crippen molar-refractivity contribution in [2.24, 2.45) is 7.05 Å². The molecule has 0 aliphatic heterocycles. The van der Waals surface area contributed by atoms with E-state index in [9.17, 15) is 14.9 Å².